The van der Waals surface area contributed by atoms with Crippen molar-refractivity contribution < 1.29 is 19.7 Å². The Hall–Kier alpha value is -0.610. The van der Waals surface area contributed by atoms with E-state index < -0.39 is 18.9 Å². The Labute approximate surface area is 123 Å². The third-order valence-corrected chi connectivity index (χ3v) is 3.41. The average Bonchev–Trinajstić information content (AvgIpc) is 2.44. The second-order valence-electron chi connectivity index (χ2n) is 5.41. The standard InChI is InChI=1S/C16H32O4/c1-2-3-4-5-6-7-8-9-10-11-12-13-15(18)20-16(19)14-17/h16-17,19H,2-14H2,1H3. The van der Waals surface area contributed by atoms with E-state index in [-0.39, 0.29) is 0 Å². The molecule has 0 aliphatic carbocycles. The minimum Gasteiger partial charge on any atom is -0.433 e. The molecule has 0 spiro atoms. The molecule has 0 radical (unpaired) electrons. The smallest absolute Gasteiger partial charge is 0.308 e. The zero-order chi connectivity index (χ0) is 15.1. The maximum Gasteiger partial charge on any atom is 0.308 e. The van der Waals surface area contributed by atoms with E-state index in [2.05, 4.69) is 11.7 Å². The maximum absolute atomic E-state index is 11.2. The number of ether oxygens (including phenoxy) is 1. The fraction of sp³-hybridized carbons (Fsp3) is 0.938. The normalized spacial score (nSPS) is 12.3. The highest BCUT2D eigenvalue weighted by molar-refractivity contribution is 5.69. The molecule has 0 amide bonds. The van der Waals surface area contributed by atoms with Crippen LogP contribution < -0.4 is 0 Å². The minimum absolute atomic E-state index is 0.327. The van der Waals surface area contributed by atoms with E-state index in [1.807, 2.05) is 0 Å². The number of aliphatic hydroxyl groups is 2. The maximum atomic E-state index is 11.2. The van der Waals surface area contributed by atoms with E-state index in [0.717, 1.165) is 19.3 Å². The first kappa shape index (κ1) is 19.4. The quantitative estimate of drug-likeness (QED) is 0.291. The van der Waals surface area contributed by atoms with E-state index in [9.17, 15) is 4.79 Å². The van der Waals surface area contributed by atoms with E-state index >= 15 is 0 Å². The van der Waals surface area contributed by atoms with Crippen molar-refractivity contribution in [3.63, 3.8) is 0 Å². The van der Waals surface area contributed by atoms with Crippen molar-refractivity contribution >= 4 is 5.97 Å². The first-order valence-corrected chi connectivity index (χ1v) is 8.19. The SMILES string of the molecule is CCCCCCCCCCCCCC(=O)OC(O)CO. The van der Waals surface area contributed by atoms with E-state index in [0.29, 0.717) is 6.42 Å². The van der Waals surface area contributed by atoms with Gasteiger partial charge in [0.25, 0.3) is 0 Å². The lowest BCUT2D eigenvalue weighted by atomic mass is 10.1. The van der Waals surface area contributed by atoms with Gasteiger partial charge in [-0.15, -0.1) is 0 Å². The van der Waals surface area contributed by atoms with Gasteiger partial charge in [-0.1, -0.05) is 71.1 Å². The number of hydrogen-bond acceptors (Lipinski definition) is 4. The van der Waals surface area contributed by atoms with Crippen molar-refractivity contribution in [3.8, 4) is 0 Å². The number of unbranched alkanes of at least 4 members (excludes halogenated alkanes) is 10. The Morgan fingerprint density at radius 1 is 0.900 bits per heavy atom. The molecule has 0 rings (SSSR count). The molecule has 20 heavy (non-hydrogen) atoms. The molecule has 1 atom stereocenters. The van der Waals surface area contributed by atoms with Gasteiger partial charge in [-0.25, -0.2) is 0 Å². The van der Waals surface area contributed by atoms with Crippen LogP contribution in [0, 0.1) is 0 Å². The summed E-state index contributed by atoms with van der Waals surface area (Å²) in [7, 11) is 0. The van der Waals surface area contributed by atoms with Gasteiger partial charge in [0.05, 0.1) is 0 Å². The molecule has 120 valence electrons. The molecule has 0 aromatic rings. The molecule has 1 unspecified atom stereocenters. The Bertz CT molecular complexity index is 219. The highest BCUT2D eigenvalue weighted by Crippen LogP contribution is 2.12. The summed E-state index contributed by atoms with van der Waals surface area (Å²) in [6.07, 6.45) is 12.6. The van der Waals surface area contributed by atoms with Crippen molar-refractivity contribution in [2.45, 2.75) is 90.3 Å². The van der Waals surface area contributed by atoms with Gasteiger partial charge in [-0.05, 0) is 6.42 Å². The Morgan fingerprint density at radius 3 is 1.80 bits per heavy atom. The van der Waals surface area contributed by atoms with Crippen LogP contribution in [-0.4, -0.2) is 29.1 Å². The highest BCUT2D eigenvalue weighted by atomic mass is 16.6. The van der Waals surface area contributed by atoms with Gasteiger partial charge in [-0.2, -0.15) is 0 Å². The third-order valence-electron chi connectivity index (χ3n) is 3.41. The van der Waals surface area contributed by atoms with Gasteiger partial charge in [0.1, 0.15) is 6.61 Å². The van der Waals surface area contributed by atoms with Crippen LogP contribution in [0.5, 0.6) is 0 Å². The van der Waals surface area contributed by atoms with Crippen molar-refractivity contribution in [1.29, 1.82) is 0 Å². The summed E-state index contributed by atoms with van der Waals surface area (Å²) in [6, 6.07) is 0. The van der Waals surface area contributed by atoms with Gasteiger partial charge in [-0.3, -0.25) is 4.79 Å². The lowest BCUT2D eigenvalue weighted by Crippen LogP contribution is -2.20. The number of esters is 1. The fourth-order valence-corrected chi connectivity index (χ4v) is 2.18. The van der Waals surface area contributed by atoms with Gasteiger partial charge in [0, 0.05) is 6.42 Å². The summed E-state index contributed by atoms with van der Waals surface area (Å²) in [4.78, 5) is 11.2. The van der Waals surface area contributed by atoms with E-state index in [1.54, 1.807) is 0 Å². The van der Waals surface area contributed by atoms with Gasteiger partial charge < -0.3 is 14.9 Å². The molecule has 0 aliphatic rings. The zero-order valence-electron chi connectivity index (χ0n) is 13.0. The minimum atomic E-state index is -1.37. The van der Waals surface area contributed by atoms with Gasteiger partial charge in [0.2, 0.25) is 6.29 Å². The van der Waals surface area contributed by atoms with Crippen molar-refractivity contribution in [2.24, 2.45) is 0 Å². The third kappa shape index (κ3) is 13.8. The summed E-state index contributed by atoms with van der Waals surface area (Å²) in [5, 5.41) is 17.4. The highest BCUT2D eigenvalue weighted by Gasteiger charge is 2.08. The van der Waals surface area contributed by atoms with E-state index in [4.69, 9.17) is 10.2 Å². The van der Waals surface area contributed by atoms with Crippen molar-refractivity contribution in [3.05, 3.63) is 0 Å². The van der Waals surface area contributed by atoms with E-state index in [1.165, 1.54) is 51.4 Å². The van der Waals surface area contributed by atoms with Crippen LogP contribution in [0.2, 0.25) is 0 Å². The summed E-state index contributed by atoms with van der Waals surface area (Å²) in [5.74, 6) is -0.428. The molecule has 0 aliphatic heterocycles. The molecule has 0 bridgehead atoms. The van der Waals surface area contributed by atoms with Crippen LogP contribution in [-0.2, 0) is 9.53 Å². The largest absolute Gasteiger partial charge is 0.433 e. The van der Waals surface area contributed by atoms with Gasteiger partial charge in [0.15, 0.2) is 0 Å². The molecule has 4 heteroatoms. The fourth-order valence-electron chi connectivity index (χ4n) is 2.18. The zero-order valence-corrected chi connectivity index (χ0v) is 13.0. The van der Waals surface area contributed by atoms with Crippen LogP contribution in [0.4, 0.5) is 0 Å². The molecular formula is C16H32O4. The number of carbonyl (C=O) groups excluding carboxylic acids is 1. The molecule has 0 aromatic carbocycles. The molecule has 0 saturated carbocycles. The van der Waals surface area contributed by atoms with Gasteiger partial charge >= 0.3 is 5.97 Å². The Balaban J connectivity index is 3.14. The molecule has 0 heterocycles. The van der Waals surface area contributed by atoms with Crippen LogP contribution in [0.15, 0.2) is 0 Å². The number of aliphatic hydroxyl groups excluding tert-OH is 2. The average molecular weight is 288 g/mol. The predicted molar refractivity (Wildman–Crippen MR) is 80.3 cm³/mol. The first-order chi connectivity index (χ1) is 9.70. The second-order valence-corrected chi connectivity index (χ2v) is 5.41. The number of hydrogen-bond donors (Lipinski definition) is 2. The van der Waals surface area contributed by atoms with Crippen LogP contribution in [0.25, 0.3) is 0 Å². The molecule has 0 saturated heterocycles. The van der Waals surface area contributed by atoms with Crippen LogP contribution in [0.3, 0.4) is 0 Å². The molecule has 4 nitrogen and oxygen atoms in total. The monoisotopic (exact) mass is 288 g/mol. The predicted octanol–water partition coefficient (Wildman–Crippen LogP) is 3.54. The Morgan fingerprint density at radius 2 is 1.35 bits per heavy atom. The summed E-state index contributed by atoms with van der Waals surface area (Å²) < 4.78 is 4.56. The molecular weight excluding hydrogens is 256 g/mol. The topological polar surface area (TPSA) is 66.8 Å². The van der Waals surface area contributed by atoms with Crippen molar-refractivity contribution in [1.82, 2.24) is 0 Å². The lowest BCUT2D eigenvalue weighted by molar-refractivity contribution is -0.173. The molecule has 0 aromatic heterocycles. The first-order valence-electron chi connectivity index (χ1n) is 8.19. The summed E-state index contributed by atoms with van der Waals surface area (Å²) in [6.45, 7) is 1.70. The molecule has 0 fully saturated rings. The second kappa shape index (κ2) is 14.8. The van der Waals surface area contributed by atoms with Crippen molar-refractivity contribution in [2.75, 3.05) is 6.61 Å². The number of carbonyl (C=O) groups is 1. The Kier molecular flexibility index (Phi) is 14.3. The lowest BCUT2D eigenvalue weighted by Gasteiger charge is -2.08. The van der Waals surface area contributed by atoms with Crippen LogP contribution >= 0.6 is 0 Å². The summed E-state index contributed by atoms with van der Waals surface area (Å²) in [5.41, 5.74) is 0. The summed E-state index contributed by atoms with van der Waals surface area (Å²) >= 11 is 0. The number of rotatable bonds is 14. The van der Waals surface area contributed by atoms with Crippen LogP contribution in [0.1, 0.15) is 84.0 Å². The molecule has 2 N–H and O–H groups in total.